The molecule has 8 nitrogen and oxygen atoms in total. The van der Waals surface area contributed by atoms with Crippen LogP contribution in [0, 0.1) is 5.92 Å². The molecule has 0 aliphatic carbocycles. The van der Waals surface area contributed by atoms with Crippen LogP contribution in [0.3, 0.4) is 0 Å². The van der Waals surface area contributed by atoms with Gasteiger partial charge in [0.15, 0.2) is 5.60 Å². The van der Waals surface area contributed by atoms with E-state index in [1.54, 1.807) is 0 Å². The quantitative estimate of drug-likeness (QED) is 0.353. The van der Waals surface area contributed by atoms with Gasteiger partial charge in [0.2, 0.25) is 0 Å². The molecule has 0 radical (unpaired) electrons. The normalized spacial score (nSPS) is 16.1. The molecule has 0 bridgehead atoms. The zero-order valence-electron chi connectivity index (χ0n) is 8.16. The van der Waals surface area contributed by atoms with Crippen molar-refractivity contribution in [2.75, 3.05) is 6.61 Å². The molecular formula is C8H12O8. The summed E-state index contributed by atoms with van der Waals surface area (Å²) in [5, 5.41) is 43.9. The zero-order chi connectivity index (χ0) is 12.9. The standard InChI is InChI=1S/C8H12O8/c9-2-1-4(6(12)13)8(16,7(14)15)3-5(10)11/h4,9,16H,1-3H2,(H,10,11)(H,12,13)(H,14,15). The molecule has 0 aromatic rings. The van der Waals surface area contributed by atoms with Gasteiger partial charge in [-0.05, 0) is 6.42 Å². The van der Waals surface area contributed by atoms with E-state index in [0.717, 1.165) is 0 Å². The van der Waals surface area contributed by atoms with Gasteiger partial charge >= 0.3 is 17.9 Å². The van der Waals surface area contributed by atoms with Crippen LogP contribution in [0.4, 0.5) is 0 Å². The lowest BCUT2D eigenvalue weighted by molar-refractivity contribution is -0.180. The molecule has 2 unspecified atom stereocenters. The molecule has 0 spiro atoms. The first-order valence-electron chi connectivity index (χ1n) is 4.27. The lowest BCUT2D eigenvalue weighted by atomic mass is 9.82. The van der Waals surface area contributed by atoms with Gasteiger partial charge < -0.3 is 25.5 Å². The van der Waals surface area contributed by atoms with E-state index in [-0.39, 0.29) is 0 Å². The third kappa shape index (κ3) is 3.17. The molecule has 0 aromatic heterocycles. The monoisotopic (exact) mass is 236 g/mol. The molecule has 0 aliphatic rings. The van der Waals surface area contributed by atoms with Crippen LogP contribution in [0.1, 0.15) is 12.8 Å². The van der Waals surface area contributed by atoms with Gasteiger partial charge in [0.05, 0.1) is 12.3 Å². The molecule has 5 N–H and O–H groups in total. The Bertz CT molecular complexity index is 298. The summed E-state index contributed by atoms with van der Waals surface area (Å²) < 4.78 is 0. The maximum absolute atomic E-state index is 10.7. The molecule has 0 saturated carbocycles. The van der Waals surface area contributed by atoms with Gasteiger partial charge in [0.1, 0.15) is 0 Å². The van der Waals surface area contributed by atoms with Crippen molar-refractivity contribution in [2.45, 2.75) is 18.4 Å². The summed E-state index contributed by atoms with van der Waals surface area (Å²) in [7, 11) is 0. The number of aliphatic hydroxyl groups excluding tert-OH is 1. The second kappa shape index (κ2) is 5.42. The molecule has 2 atom stereocenters. The maximum atomic E-state index is 10.7. The highest BCUT2D eigenvalue weighted by Gasteiger charge is 2.49. The Morgan fingerprint density at radius 1 is 1.12 bits per heavy atom. The fourth-order valence-corrected chi connectivity index (χ4v) is 1.27. The number of rotatable bonds is 7. The largest absolute Gasteiger partial charge is 0.481 e. The van der Waals surface area contributed by atoms with E-state index in [2.05, 4.69) is 0 Å². The summed E-state index contributed by atoms with van der Waals surface area (Å²) in [5.74, 6) is -7.16. The summed E-state index contributed by atoms with van der Waals surface area (Å²) in [5.41, 5.74) is -2.93. The van der Waals surface area contributed by atoms with Gasteiger partial charge in [-0.1, -0.05) is 0 Å². The lowest BCUT2D eigenvalue weighted by Crippen LogP contribution is -2.51. The van der Waals surface area contributed by atoms with Crippen molar-refractivity contribution in [3.8, 4) is 0 Å². The van der Waals surface area contributed by atoms with Gasteiger partial charge in [0.25, 0.3) is 0 Å². The molecule has 0 amide bonds. The second-order valence-corrected chi connectivity index (χ2v) is 3.20. The summed E-state index contributed by atoms with van der Waals surface area (Å²) in [6.45, 7) is -0.674. The molecule has 0 fully saturated rings. The number of aliphatic hydroxyl groups is 2. The zero-order valence-corrected chi connectivity index (χ0v) is 8.16. The predicted molar refractivity (Wildman–Crippen MR) is 47.7 cm³/mol. The summed E-state index contributed by atoms with van der Waals surface area (Å²) in [6.07, 6.45) is -1.80. The average molecular weight is 236 g/mol. The van der Waals surface area contributed by atoms with E-state index in [1.807, 2.05) is 0 Å². The van der Waals surface area contributed by atoms with E-state index >= 15 is 0 Å². The Morgan fingerprint density at radius 2 is 1.62 bits per heavy atom. The van der Waals surface area contributed by atoms with Crippen LogP contribution < -0.4 is 0 Å². The Kier molecular flexibility index (Phi) is 4.86. The van der Waals surface area contributed by atoms with E-state index in [1.165, 1.54) is 0 Å². The molecule has 0 saturated heterocycles. The molecule has 0 rings (SSSR count). The van der Waals surface area contributed by atoms with Crippen molar-refractivity contribution in [2.24, 2.45) is 5.92 Å². The van der Waals surface area contributed by atoms with Crippen molar-refractivity contribution in [3.05, 3.63) is 0 Å². The number of carboxylic acids is 3. The van der Waals surface area contributed by atoms with Crippen LogP contribution in [-0.4, -0.2) is 55.6 Å². The fourth-order valence-electron chi connectivity index (χ4n) is 1.27. The minimum absolute atomic E-state index is 0.550. The molecule has 0 heterocycles. The Hall–Kier alpha value is -1.67. The predicted octanol–water partition coefficient (Wildman–Crippen LogP) is -1.64. The van der Waals surface area contributed by atoms with Crippen LogP contribution in [0.25, 0.3) is 0 Å². The highest BCUT2D eigenvalue weighted by atomic mass is 16.4. The van der Waals surface area contributed by atoms with Crippen LogP contribution in [0.15, 0.2) is 0 Å². The number of carbonyl (C=O) groups is 3. The van der Waals surface area contributed by atoms with Crippen molar-refractivity contribution >= 4 is 17.9 Å². The van der Waals surface area contributed by atoms with Crippen LogP contribution >= 0.6 is 0 Å². The number of carboxylic acid groups (broad SMARTS) is 3. The minimum atomic E-state index is -2.93. The van der Waals surface area contributed by atoms with E-state index < -0.39 is 48.9 Å². The van der Waals surface area contributed by atoms with E-state index in [9.17, 15) is 19.5 Å². The van der Waals surface area contributed by atoms with Gasteiger partial charge in [-0.25, -0.2) is 4.79 Å². The average Bonchev–Trinajstić information content (AvgIpc) is 2.11. The highest BCUT2D eigenvalue weighted by molar-refractivity contribution is 5.89. The maximum Gasteiger partial charge on any atom is 0.337 e. The molecule has 16 heavy (non-hydrogen) atoms. The summed E-state index contributed by atoms with van der Waals surface area (Å²) in [4.78, 5) is 31.8. The lowest BCUT2D eigenvalue weighted by Gasteiger charge is -2.27. The second-order valence-electron chi connectivity index (χ2n) is 3.20. The van der Waals surface area contributed by atoms with Crippen molar-refractivity contribution in [1.82, 2.24) is 0 Å². The topological polar surface area (TPSA) is 152 Å². The third-order valence-corrected chi connectivity index (χ3v) is 2.08. The van der Waals surface area contributed by atoms with Gasteiger partial charge in [-0.3, -0.25) is 9.59 Å². The smallest absolute Gasteiger partial charge is 0.337 e. The van der Waals surface area contributed by atoms with E-state index in [4.69, 9.17) is 20.4 Å². The fraction of sp³-hybridized carbons (Fsp3) is 0.625. The van der Waals surface area contributed by atoms with Gasteiger partial charge in [-0.2, -0.15) is 0 Å². The van der Waals surface area contributed by atoms with Crippen LogP contribution in [0.2, 0.25) is 0 Å². The SMILES string of the molecule is O=C(O)CC(O)(C(=O)O)C(CCO)C(=O)O. The van der Waals surface area contributed by atoms with Crippen molar-refractivity contribution in [3.63, 3.8) is 0 Å². The summed E-state index contributed by atoms with van der Waals surface area (Å²) >= 11 is 0. The van der Waals surface area contributed by atoms with E-state index in [0.29, 0.717) is 0 Å². The Labute approximate surface area is 89.7 Å². The van der Waals surface area contributed by atoms with Crippen LogP contribution in [0.5, 0.6) is 0 Å². The molecule has 0 aliphatic heterocycles. The minimum Gasteiger partial charge on any atom is -0.481 e. The molecule has 0 aromatic carbocycles. The molecule has 8 heteroatoms. The van der Waals surface area contributed by atoms with Gasteiger partial charge in [0, 0.05) is 6.61 Å². The van der Waals surface area contributed by atoms with Crippen molar-refractivity contribution < 1.29 is 39.9 Å². The summed E-state index contributed by atoms with van der Waals surface area (Å²) in [6, 6.07) is 0. The number of aliphatic carboxylic acids is 3. The Morgan fingerprint density at radius 3 is 1.88 bits per heavy atom. The van der Waals surface area contributed by atoms with Gasteiger partial charge in [-0.15, -0.1) is 0 Å². The number of hydrogen-bond acceptors (Lipinski definition) is 5. The first-order chi connectivity index (χ1) is 7.25. The molecular weight excluding hydrogens is 224 g/mol. The van der Waals surface area contributed by atoms with Crippen LogP contribution in [-0.2, 0) is 14.4 Å². The molecule has 92 valence electrons. The Balaban J connectivity index is 5.19. The highest BCUT2D eigenvalue weighted by Crippen LogP contribution is 2.25. The first-order valence-corrected chi connectivity index (χ1v) is 4.27. The number of hydrogen-bond donors (Lipinski definition) is 5. The third-order valence-electron chi connectivity index (χ3n) is 2.08. The van der Waals surface area contributed by atoms with Crippen molar-refractivity contribution in [1.29, 1.82) is 0 Å². The first kappa shape index (κ1) is 14.3.